The molecule has 0 aliphatic carbocycles. The van der Waals surface area contributed by atoms with Crippen molar-refractivity contribution < 1.29 is 14.3 Å². The average Bonchev–Trinajstić information content (AvgIpc) is 3.17. The highest BCUT2D eigenvalue weighted by molar-refractivity contribution is 6.09. The van der Waals surface area contributed by atoms with Gasteiger partial charge in [0.25, 0.3) is 5.56 Å². The fourth-order valence-corrected chi connectivity index (χ4v) is 2.96. The molecule has 0 fully saturated rings. The van der Waals surface area contributed by atoms with Crippen molar-refractivity contribution in [2.24, 2.45) is 0 Å². The van der Waals surface area contributed by atoms with E-state index in [1.165, 1.54) is 19.3 Å². The second-order valence-corrected chi connectivity index (χ2v) is 5.88. The molecule has 0 radical (unpaired) electrons. The number of aromatic nitrogens is 1. The molecule has 0 saturated carbocycles. The Bertz CT molecular complexity index is 1060. The molecule has 1 atom stereocenters. The molecule has 1 N–H and O–H groups in total. The first-order valence-electron chi connectivity index (χ1n) is 7.98. The molecule has 0 aliphatic heterocycles. The first-order chi connectivity index (χ1) is 12.5. The summed E-state index contributed by atoms with van der Waals surface area (Å²) in [7, 11) is 0. The third-order valence-electron chi connectivity index (χ3n) is 4.39. The molecule has 0 aliphatic rings. The zero-order valence-electron chi connectivity index (χ0n) is 14.3. The van der Waals surface area contributed by atoms with Crippen molar-refractivity contribution in [1.82, 2.24) is 4.57 Å². The van der Waals surface area contributed by atoms with Crippen LogP contribution < -0.4 is 5.56 Å². The Kier molecular flexibility index (Phi) is 4.46. The second kappa shape index (κ2) is 6.73. The largest absolute Gasteiger partial charge is 0.494 e. The van der Waals surface area contributed by atoms with E-state index in [2.05, 4.69) is 0 Å². The number of rotatable bonds is 4. The Morgan fingerprint density at radius 2 is 1.92 bits per heavy atom. The topological polar surface area (TPSA) is 96.2 Å². The molecule has 6 heteroatoms. The summed E-state index contributed by atoms with van der Waals surface area (Å²) in [6.07, 6.45) is 1.34. The Morgan fingerprint density at radius 3 is 2.50 bits per heavy atom. The number of furan rings is 1. The van der Waals surface area contributed by atoms with Gasteiger partial charge in [0.1, 0.15) is 11.6 Å². The Hall–Kier alpha value is -3.59. The number of carbonyl (C=O) groups excluding carboxylic acids is 1. The van der Waals surface area contributed by atoms with Gasteiger partial charge >= 0.3 is 0 Å². The maximum Gasteiger partial charge on any atom is 0.272 e. The van der Waals surface area contributed by atoms with Crippen molar-refractivity contribution in [2.75, 3.05) is 0 Å². The predicted octanol–water partition coefficient (Wildman–Crippen LogP) is 3.17. The van der Waals surface area contributed by atoms with Crippen LogP contribution in [0.5, 0.6) is 5.88 Å². The lowest BCUT2D eigenvalue weighted by atomic mass is 9.99. The normalized spacial score (nSPS) is 11.7. The van der Waals surface area contributed by atoms with Crippen LogP contribution in [-0.2, 0) is 0 Å². The van der Waals surface area contributed by atoms with Gasteiger partial charge in [0.05, 0.1) is 17.9 Å². The molecule has 6 nitrogen and oxygen atoms in total. The number of nitrogens with zero attached hydrogens (tertiary/aromatic N) is 2. The lowest BCUT2D eigenvalue weighted by molar-refractivity contribution is 0.100. The minimum atomic E-state index is -0.644. The van der Waals surface area contributed by atoms with Crippen molar-refractivity contribution >= 4 is 5.78 Å². The summed E-state index contributed by atoms with van der Waals surface area (Å²) >= 11 is 0. The first-order valence-corrected chi connectivity index (χ1v) is 7.98. The number of benzene rings is 1. The predicted molar refractivity (Wildman–Crippen MR) is 94.2 cm³/mol. The van der Waals surface area contributed by atoms with Crippen LogP contribution in [0.1, 0.15) is 45.8 Å². The lowest BCUT2D eigenvalue weighted by Gasteiger charge is -2.20. The molecule has 1 unspecified atom stereocenters. The summed E-state index contributed by atoms with van der Waals surface area (Å²) in [4.78, 5) is 25.5. The number of nitriles is 1. The van der Waals surface area contributed by atoms with Gasteiger partial charge < -0.3 is 9.52 Å². The van der Waals surface area contributed by atoms with Crippen LogP contribution in [0.25, 0.3) is 0 Å². The molecule has 2 heterocycles. The third-order valence-corrected chi connectivity index (χ3v) is 4.39. The van der Waals surface area contributed by atoms with Crippen LogP contribution in [0.15, 0.2) is 57.9 Å². The summed E-state index contributed by atoms with van der Waals surface area (Å²) in [6.45, 7) is 3.18. The Labute approximate surface area is 149 Å². The molecular weight excluding hydrogens is 332 g/mol. The smallest absolute Gasteiger partial charge is 0.272 e. The van der Waals surface area contributed by atoms with Crippen LogP contribution in [0.3, 0.4) is 0 Å². The van der Waals surface area contributed by atoms with Crippen molar-refractivity contribution in [3.05, 3.63) is 87.1 Å². The second-order valence-electron chi connectivity index (χ2n) is 5.88. The van der Waals surface area contributed by atoms with Gasteiger partial charge in [0.15, 0.2) is 5.76 Å². The monoisotopic (exact) mass is 348 g/mol. The molecular formula is C20H16N2O4. The van der Waals surface area contributed by atoms with E-state index in [4.69, 9.17) is 4.42 Å². The highest BCUT2D eigenvalue weighted by Crippen LogP contribution is 2.29. The van der Waals surface area contributed by atoms with Crippen LogP contribution in [0.2, 0.25) is 0 Å². The van der Waals surface area contributed by atoms with E-state index < -0.39 is 23.3 Å². The van der Waals surface area contributed by atoms with Gasteiger partial charge in [0, 0.05) is 0 Å². The minimum absolute atomic E-state index is 0.0184. The van der Waals surface area contributed by atoms with Gasteiger partial charge in [-0.15, -0.1) is 0 Å². The van der Waals surface area contributed by atoms with Gasteiger partial charge in [-0.1, -0.05) is 30.3 Å². The van der Waals surface area contributed by atoms with E-state index in [9.17, 15) is 20.0 Å². The van der Waals surface area contributed by atoms with Gasteiger partial charge in [0.2, 0.25) is 11.7 Å². The summed E-state index contributed by atoms with van der Waals surface area (Å²) in [6, 6.07) is 13.3. The molecule has 0 bridgehead atoms. The SMILES string of the molecule is Cc1c(C(=O)c2ccco2)c(O)n(C(C)c2ccccc2)c(=O)c1C#N. The average molecular weight is 348 g/mol. The molecule has 1 aromatic carbocycles. The summed E-state index contributed by atoms with van der Waals surface area (Å²) in [5.74, 6) is -1.05. The van der Waals surface area contributed by atoms with Gasteiger partial charge in [-0.05, 0) is 37.1 Å². The van der Waals surface area contributed by atoms with Gasteiger partial charge in [-0.3, -0.25) is 14.2 Å². The molecule has 0 amide bonds. The molecule has 26 heavy (non-hydrogen) atoms. The highest BCUT2D eigenvalue weighted by atomic mass is 16.3. The zero-order valence-corrected chi connectivity index (χ0v) is 14.3. The maximum absolute atomic E-state index is 12.8. The van der Waals surface area contributed by atoms with E-state index in [0.717, 1.165) is 10.1 Å². The van der Waals surface area contributed by atoms with E-state index in [1.54, 1.807) is 25.1 Å². The van der Waals surface area contributed by atoms with Crippen molar-refractivity contribution in [1.29, 1.82) is 5.26 Å². The molecule has 0 saturated heterocycles. The van der Waals surface area contributed by atoms with Gasteiger partial charge in [-0.2, -0.15) is 5.26 Å². The number of pyridine rings is 1. The zero-order chi connectivity index (χ0) is 18.8. The van der Waals surface area contributed by atoms with Crippen LogP contribution in [-0.4, -0.2) is 15.5 Å². The summed E-state index contributed by atoms with van der Waals surface area (Å²) in [5, 5.41) is 20.2. The number of hydrogen-bond acceptors (Lipinski definition) is 5. The molecule has 0 spiro atoms. The molecule has 3 aromatic rings. The van der Waals surface area contributed by atoms with Crippen LogP contribution >= 0.6 is 0 Å². The quantitative estimate of drug-likeness (QED) is 0.731. The third kappa shape index (κ3) is 2.70. The van der Waals surface area contributed by atoms with Crippen molar-refractivity contribution in [3.63, 3.8) is 0 Å². The molecule has 130 valence electrons. The number of hydrogen-bond donors (Lipinski definition) is 1. The van der Waals surface area contributed by atoms with Crippen LogP contribution in [0, 0.1) is 18.3 Å². The minimum Gasteiger partial charge on any atom is -0.494 e. The molecule has 3 rings (SSSR count). The van der Waals surface area contributed by atoms with E-state index in [-0.39, 0.29) is 22.5 Å². The van der Waals surface area contributed by atoms with Crippen LogP contribution in [0.4, 0.5) is 0 Å². The number of aromatic hydroxyl groups is 1. The van der Waals surface area contributed by atoms with E-state index in [0.29, 0.717) is 0 Å². The number of ketones is 1. The fraction of sp³-hybridized carbons (Fsp3) is 0.150. The molecule has 2 aromatic heterocycles. The maximum atomic E-state index is 12.8. The summed E-state index contributed by atoms with van der Waals surface area (Å²) < 4.78 is 6.18. The Morgan fingerprint density at radius 1 is 1.23 bits per heavy atom. The van der Waals surface area contributed by atoms with Gasteiger partial charge in [-0.25, -0.2) is 0 Å². The standard InChI is InChI=1S/C20H16N2O4/c1-12-15(11-21)19(24)22(13(2)14-7-4-3-5-8-14)20(25)17(12)18(23)16-9-6-10-26-16/h3-10,13,25H,1-2H3. The first kappa shape index (κ1) is 17.2. The van der Waals surface area contributed by atoms with Crippen molar-refractivity contribution in [3.8, 4) is 11.9 Å². The number of carbonyl (C=O) groups is 1. The van der Waals surface area contributed by atoms with E-state index in [1.807, 2.05) is 24.3 Å². The lowest BCUT2D eigenvalue weighted by Crippen LogP contribution is -2.29. The fourth-order valence-electron chi connectivity index (χ4n) is 2.96. The summed E-state index contributed by atoms with van der Waals surface area (Å²) in [5.41, 5.74) is -0.0452. The highest BCUT2D eigenvalue weighted by Gasteiger charge is 2.28. The Balaban J connectivity index is 2.29. The van der Waals surface area contributed by atoms with E-state index >= 15 is 0 Å². The van der Waals surface area contributed by atoms with Crippen molar-refractivity contribution in [2.45, 2.75) is 19.9 Å².